The molecule has 1 unspecified atom stereocenters. The molecule has 3 aliphatic rings. The van der Waals surface area contributed by atoms with Crippen molar-refractivity contribution in [3.63, 3.8) is 0 Å². The number of carbonyl (C=O) groups excluding carboxylic acids is 2. The number of nitrogens with zero attached hydrogens (tertiary/aromatic N) is 5. The lowest BCUT2D eigenvalue weighted by molar-refractivity contribution is -0.138. The van der Waals surface area contributed by atoms with E-state index in [2.05, 4.69) is 15.0 Å². The third-order valence-corrected chi connectivity index (χ3v) is 8.35. The van der Waals surface area contributed by atoms with Gasteiger partial charge in [-0.05, 0) is 52.2 Å². The number of anilines is 1. The predicted molar refractivity (Wildman–Crippen MR) is 160 cm³/mol. The van der Waals surface area contributed by atoms with E-state index in [0.29, 0.717) is 53.3 Å². The molecule has 42 heavy (non-hydrogen) atoms. The second kappa shape index (κ2) is 11.6. The molecule has 0 bridgehead atoms. The lowest BCUT2D eigenvalue weighted by Gasteiger charge is -2.41. The van der Waals surface area contributed by atoms with Gasteiger partial charge in [0.25, 0.3) is 0 Å². The van der Waals surface area contributed by atoms with E-state index in [9.17, 15) is 18.0 Å². The molecule has 228 valence electrons. The summed E-state index contributed by atoms with van der Waals surface area (Å²) in [6, 6.07) is 3.13. The van der Waals surface area contributed by atoms with Gasteiger partial charge in [-0.25, -0.2) is 18.2 Å². The largest absolute Gasteiger partial charge is 0.444 e. The van der Waals surface area contributed by atoms with Crippen molar-refractivity contribution in [2.75, 3.05) is 30.8 Å². The first-order valence-corrected chi connectivity index (χ1v) is 16.5. The van der Waals surface area contributed by atoms with Crippen LogP contribution < -0.4 is 14.9 Å². The number of aromatic nitrogens is 3. The number of hydrogen-bond donors (Lipinski definition) is 2. The van der Waals surface area contributed by atoms with Crippen LogP contribution in [0.15, 0.2) is 35.0 Å². The summed E-state index contributed by atoms with van der Waals surface area (Å²) >= 11 is 12.7. The van der Waals surface area contributed by atoms with E-state index >= 15 is 0 Å². The number of ether oxygens (including phenoxy) is 1. The summed E-state index contributed by atoms with van der Waals surface area (Å²) < 4.78 is 33.5. The number of likely N-dealkylation sites (tertiary alicyclic amines) is 1. The Balaban J connectivity index is 1.37. The highest BCUT2D eigenvalue weighted by Crippen LogP contribution is 2.36. The molecule has 4 heterocycles. The number of allylic oxidation sites excluding steroid dienone is 3. The number of carbonyl (C=O) groups is 2. The highest BCUT2D eigenvalue weighted by molar-refractivity contribution is 7.88. The average molecular weight is 641 g/mol. The van der Waals surface area contributed by atoms with E-state index in [1.807, 2.05) is 31.7 Å². The fourth-order valence-electron chi connectivity index (χ4n) is 5.48. The summed E-state index contributed by atoms with van der Waals surface area (Å²) in [6.45, 7) is 7.03. The number of amides is 2. The van der Waals surface area contributed by atoms with Crippen LogP contribution in [0.5, 0.6) is 0 Å². The molecule has 15 heteroatoms. The van der Waals surface area contributed by atoms with Crippen LogP contribution in [-0.4, -0.2) is 77.4 Å². The maximum absolute atomic E-state index is 13.9. The van der Waals surface area contributed by atoms with Crippen molar-refractivity contribution in [1.82, 2.24) is 29.5 Å². The van der Waals surface area contributed by atoms with E-state index in [4.69, 9.17) is 33.0 Å². The second-order valence-corrected chi connectivity index (χ2v) is 14.6. The van der Waals surface area contributed by atoms with E-state index in [0.717, 1.165) is 24.9 Å². The molecule has 2 fully saturated rings. The zero-order valence-electron chi connectivity index (χ0n) is 23.9. The van der Waals surface area contributed by atoms with Gasteiger partial charge in [0, 0.05) is 48.9 Å². The molecule has 12 nitrogen and oxygen atoms in total. The minimum atomic E-state index is -3.59. The minimum absolute atomic E-state index is 0.0949. The Hall–Kier alpha value is -3.03. The number of alkyl carbamates (subject to hydrolysis) is 1. The third-order valence-electron chi connectivity index (χ3n) is 7.27. The molecular weight excluding hydrogens is 605 g/mol. The molecule has 2 N–H and O–H groups in total. The summed E-state index contributed by atoms with van der Waals surface area (Å²) in [5.41, 5.74) is 0.925. The molecule has 2 aliphatic heterocycles. The van der Waals surface area contributed by atoms with Gasteiger partial charge in [-0.1, -0.05) is 23.2 Å². The maximum atomic E-state index is 13.9. The van der Waals surface area contributed by atoms with E-state index < -0.39 is 27.6 Å². The van der Waals surface area contributed by atoms with Crippen molar-refractivity contribution in [1.29, 1.82) is 0 Å². The van der Waals surface area contributed by atoms with Crippen LogP contribution in [0.4, 0.5) is 10.6 Å². The first kappa shape index (κ1) is 30.4. The Bertz CT molecular complexity index is 1560. The van der Waals surface area contributed by atoms with Gasteiger partial charge in [-0.15, -0.1) is 0 Å². The highest BCUT2D eigenvalue weighted by Gasteiger charge is 2.38. The van der Waals surface area contributed by atoms with Crippen molar-refractivity contribution in [3.8, 4) is 0 Å². The summed E-state index contributed by atoms with van der Waals surface area (Å²) in [7, 11) is -3.59. The maximum Gasteiger partial charge on any atom is 0.407 e. The molecule has 2 saturated heterocycles. The smallest absolute Gasteiger partial charge is 0.407 e. The fraction of sp³-hybridized carbons (Fsp3) is 0.556. The van der Waals surface area contributed by atoms with E-state index in [1.54, 1.807) is 27.6 Å². The Morgan fingerprint density at radius 3 is 2.55 bits per heavy atom. The van der Waals surface area contributed by atoms with Gasteiger partial charge in [0.05, 0.1) is 30.0 Å². The average Bonchev–Trinajstić information content (AvgIpc) is 3.28. The van der Waals surface area contributed by atoms with Gasteiger partial charge in [0.15, 0.2) is 5.65 Å². The van der Waals surface area contributed by atoms with Crippen LogP contribution >= 0.6 is 23.2 Å². The number of piperidine rings is 1. The Morgan fingerprint density at radius 2 is 1.86 bits per heavy atom. The van der Waals surface area contributed by atoms with Crippen LogP contribution in [0.3, 0.4) is 0 Å². The first-order valence-electron chi connectivity index (χ1n) is 13.8. The third kappa shape index (κ3) is 6.95. The summed E-state index contributed by atoms with van der Waals surface area (Å²) in [5, 5.41) is 8.53. The number of fused-ring (bicyclic) bond motifs is 1. The quantitative estimate of drug-likeness (QED) is 0.456. The number of halogens is 2. The van der Waals surface area contributed by atoms with Gasteiger partial charge in [-0.3, -0.25) is 9.52 Å². The zero-order valence-corrected chi connectivity index (χ0v) is 26.3. The molecule has 0 aromatic carbocycles. The molecule has 2 amide bonds. The minimum Gasteiger partial charge on any atom is -0.444 e. The van der Waals surface area contributed by atoms with Crippen molar-refractivity contribution < 1.29 is 22.7 Å². The van der Waals surface area contributed by atoms with Crippen LogP contribution in [0.1, 0.15) is 58.2 Å². The Kier molecular flexibility index (Phi) is 8.38. The monoisotopic (exact) mass is 639 g/mol. The van der Waals surface area contributed by atoms with E-state index in [1.165, 1.54) is 0 Å². The molecule has 2 aromatic heterocycles. The SMILES string of the molecule is CC(C)(C)OC(=O)NC1CN(c2cc(Cl)nc3cc([C@@H]4CCCCN4C(=O)C4CC(Cl)=CC=C4NS(C)(=O)=O)nn23)C1. The molecule has 2 atom stereocenters. The molecule has 5 rings (SSSR count). The van der Waals surface area contributed by atoms with E-state index in [-0.39, 0.29) is 24.4 Å². The van der Waals surface area contributed by atoms with Crippen molar-refractivity contribution in [3.05, 3.63) is 45.9 Å². The van der Waals surface area contributed by atoms with Crippen LogP contribution in [0.25, 0.3) is 5.65 Å². The molecular formula is C27H35Cl2N7O5S. The summed E-state index contributed by atoms with van der Waals surface area (Å²) in [6.07, 6.45) is 6.37. The van der Waals surface area contributed by atoms with Crippen molar-refractivity contribution >= 4 is 56.7 Å². The summed E-state index contributed by atoms with van der Waals surface area (Å²) in [4.78, 5) is 34.4. The highest BCUT2D eigenvalue weighted by atomic mass is 35.5. The zero-order chi connectivity index (χ0) is 30.4. The molecule has 0 saturated carbocycles. The summed E-state index contributed by atoms with van der Waals surface area (Å²) in [5.74, 6) is -0.247. The number of nitrogens with one attached hydrogen (secondary N) is 2. The van der Waals surface area contributed by atoms with Crippen molar-refractivity contribution in [2.24, 2.45) is 5.92 Å². The van der Waals surface area contributed by atoms with Crippen LogP contribution in [0.2, 0.25) is 5.15 Å². The van der Waals surface area contributed by atoms with Crippen LogP contribution in [0, 0.1) is 5.92 Å². The fourth-order valence-corrected chi connectivity index (χ4v) is 6.52. The number of sulfonamides is 1. The van der Waals surface area contributed by atoms with Crippen LogP contribution in [-0.2, 0) is 19.6 Å². The normalized spacial score (nSPS) is 21.9. The van der Waals surface area contributed by atoms with Gasteiger partial charge in [0.1, 0.15) is 16.6 Å². The van der Waals surface area contributed by atoms with Gasteiger partial charge < -0.3 is 19.9 Å². The predicted octanol–water partition coefficient (Wildman–Crippen LogP) is 3.73. The lowest BCUT2D eigenvalue weighted by atomic mass is 9.92. The van der Waals surface area contributed by atoms with Crippen molar-refractivity contribution in [2.45, 2.75) is 64.1 Å². The topological polar surface area (TPSA) is 138 Å². The second-order valence-electron chi connectivity index (χ2n) is 11.9. The first-order chi connectivity index (χ1) is 19.7. The molecule has 2 aromatic rings. The van der Waals surface area contributed by atoms with Gasteiger partial charge in [0.2, 0.25) is 15.9 Å². The van der Waals surface area contributed by atoms with Gasteiger partial charge in [-0.2, -0.15) is 9.61 Å². The molecule has 0 radical (unpaired) electrons. The molecule has 1 aliphatic carbocycles. The Morgan fingerprint density at radius 1 is 1.12 bits per heavy atom. The Labute approximate surface area is 255 Å². The number of hydrogen-bond acceptors (Lipinski definition) is 8. The molecule has 0 spiro atoms. The number of rotatable bonds is 6. The standard InChI is InChI=1S/C27H35Cl2N7O5S/c1-27(2,3)41-26(38)30-17-14-34(15-17)24-13-22(29)31-23-12-20(32-36(23)24)21-7-5-6-10-35(21)25(37)18-11-16(28)8-9-19(18)33-42(4,39)40/h8-9,12-13,17-18,21,33H,5-7,10-11,14-15H2,1-4H3,(H,30,38)/t18?,21-/m0/s1. The van der Waals surface area contributed by atoms with Gasteiger partial charge >= 0.3 is 6.09 Å². The lowest BCUT2D eigenvalue weighted by Crippen LogP contribution is -2.60.